The number of amides is 2. The predicted octanol–water partition coefficient (Wildman–Crippen LogP) is 3.65. The summed E-state index contributed by atoms with van der Waals surface area (Å²) in [5.41, 5.74) is 2.84. The fourth-order valence-electron chi connectivity index (χ4n) is 4.56. The maximum absolute atomic E-state index is 13.2. The van der Waals surface area contributed by atoms with Crippen LogP contribution in [0.3, 0.4) is 0 Å². The molecule has 2 heterocycles. The molecule has 2 aliphatic rings. The lowest BCUT2D eigenvalue weighted by atomic mass is 10.0. The molecular weight excluding hydrogens is 448 g/mol. The van der Waals surface area contributed by atoms with Gasteiger partial charge in [-0.3, -0.25) is 9.59 Å². The number of carbonyl (C=O) groups is 2. The minimum absolute atomic E-state index is 0.0367. The Morgan fingerprint density at radius 3 is 2.50 bits per heavy atom. The number of rotatable bonds is 6. The number of methoxy groups -OCH3 is 1. The van der Waals surface area contributed by atoms with Crippen LogP contribution in [0.25, 0.3) is 11.1 Å². The average Bonchev–Trinajstić information content (AvgIpc) is 3.35. The Morgan fingerprint density at radius 1 is 1.03 bits per heavy atom. The first-order valence-electron chi connectivity index (χ1n) is 11.9. The van der Waals surface area contributed by atoms with Crippen LogP contribution in [0.2, 0.25) is 0 Å². The molecule has 2 aromatic rings. The van der Waals surface area contributed by atoms with Gasteiger partial charge in [-0.15, -0.1) is 0 Å². The van der Waals surface area contributed by atoms with Gasteiger partial charge in [0.2, 0.25) is 11.8 Å². The Balaban J connectivity index is 1.42. The van der Waals surface area contributed by atoms with Crippen LogP contribution in [-0.4, -0.2) is 66.1 Å². The number of ether oxygens (including phenoxy) is 1. The number of hydrogen-bond acceptors (Lipinski definition) is 4. The molecule has 0 saturated carbocycles. The predicted molar refractivity (Wildman–Crippen MR) is 138 cm³/mol. The SMILES string of the molecule is COc1ccc(-c2ccccc2)cc1NC(=S)N[C@H]1CCCCN(CC(=O)N2CCCC2)C1=O. The zero-order chi connectivity index (χ0) is 23.9. The normalized spacial score (nSPS) is 18.4. The van der Waals surface area contributed by atoms with Gasteiger partial charge in [0.1, 0.15) is 11.8 Å². The first-order chi connectivity index (χ1) is 16.5. The van der Waals surface area contributed by atoms with Crippen molar-refractivity contribution in [2.24, 2.45) is 0 Å². The fraction of sp³-hybridized carbons (Fsp3) is 0.423. The van der Waals surface area contributed by atoms with Crippen LogP contribution in [0.4, 0.5) is 5.69 Å². The van der Waals surface area contributed by atoms with E-state index in [-0.39, 0.29) is 18.4 Å². The van der Waals surface area contributed by atoms with E-state index in [9.17, 15) is 9.59 Å². The molecule has 34 heavy (non-hydrogen) atoms. The lowest BCUT2D eigenvalue weighted by Gasteiger charge is -2.27. The molecule has 2 saturated heterocycles. The number of likely N-dealkylation sites (tertiary alicyclic amines) is 2. The van der Waals surface area contributed by atoms with Gasteiger partial charge >= 0.3 is 0 Å². The summed E-state index contributed by atoms with van der Waals surface area (Å²) < 4.78 is 5.51. The summed E-state index contributed by atoms with van der Waals surface area (Å²) in [6.45, 7) is 2.33. The van der Waals surface area contributed by atoms with E-state index in [0.717, 1.165) is 55.6 Å². The van der Waals surface area contributed by atoms with Crippen molar-refractivity contribution in [3.63, 3.8) is 0 Å². The first kappa shape index (κ1) is 24.0. The molecule has 0 aliphatic carbocycles. The Morgan fingerprint density at radius 2 is 1.76 bits per heavy atom. The second kappa shape index (κ2) is 11.3. The van der Waals surface area contributed by atoms with Crippen molar-refractivity contribution in [3.05, 3.63) is 48.5 Å². The standard InChI is InChI=1S/C26H32N4O3S/c1-33-23-13-12-20(19-9-3-2-4-10-19)17-22(23)28-26(34)27-21-11-5-6-16-30(25(21)32)18-24(31)29-14-7-8-15-29/h2-4,9-10,12-13,17,21H,5-8,11,14-16,18H2,1H3,(H2,27,28,34)/t21-/m0/s1. The quantitative estimate of drug-likeness (QED) is 0.615. The highest BCUT2D eigenvalue weighted by molar-refractivity contribution is 7.80. The van der Waals surface area contributed by atoms with E-state index in [1.807, 2.05) is 53.4 Å². The second-order valence-electron chi connectivity index (χ2n) is 8.78. The topological polar surface area (TPSA) is 73.9 Å². The Bertz CT molecular complexity index is 1020. The van der Waals surface area contributed by atoms with Crippen LogP contribution in [0.15, 0.2) is 48.5 Å². The Hall–Kier alpha value is -3.13. The van der Waals surface area contributed by atoms with Crippen LogP contribution in [-0.2, 0) is 9.59 Å². The van der Waals surface area contributed by atoms with Crippen molar-refractivity contribution in [1.82, 2.24) is 15.1 Å². The van der Waals surface area contributed by atoms with Gasteiger partial charge < -0.3 is 25.2 Å². The number of carbonyl (C=O) groups excluding carboxylic acids is 2. The van der Waals surface area contributed by atoms with Crippen LogP contribution >= 0.6 is 12.2 Å². The Labute approximate surface area is 206 Å². The van der Waals surface area contributed by atoms with Crippen LogP contribution in [0, 0.1) is 0 Å². The molecule has 0 bridgehead atoms. The zero-order valence-corrected chi connectivity index (χ0v) is 20.4. The van der Waals surface area contributed by atoms with Crippen molar-refractivity contribution in [3.8, 4) is 16.9 Å². The maximum atomic E-state index is 13.2. The molecule has 180 valence electrons. The number of thiocarbonyl (C=S) groups is 1. The molecule has 2 aromatic carbocycles. The smallest absolute Gasteiger partial charge is 0.245 e. The minimum atomic E-state index is -0.461. The third kappa shape index (κ3) is 5.86. The van der Waals surface area contributed by atoms with E-state index >= 15 is 0 Å². The van der Waals surface area contributed by atoms with Gasteiger partial charge in [-0.1, -0.05) is 36.4 Å². The summed E-state index contributed by atoms with van der Waals surface area (Å²) in [7, 11) is 1.61. The molecule has 7 nitrogen and oxygen atoms in total. The van der Waals surface area contributed by atoms with Gasteiger partial charge in [0.15, 0.2) is 5.11 Å². The number of nitrogens with one attached hydrogen (secondary N) is 2. The molecule has 1 atom stereocenters. The molecule has 4 rings (SSSR count). The molecule has 0 aromatic heterocycles. The highest BCUT2D eigenvalue weighted by Crippen LogP contribution is 2.30. The van der Waals surface area contributed by atoms with Gasteiger partial charge in [-0.2, -0.15) is 0 Å². The molecular formula is C26H32N4O3S. The molecule has 0 spiro atoms. The van der Waals surface area contributed by atoms with Gasteiger partial charge in [0.25, 0.3) is 0 Å². The highest BCUT2D eigenvalue weighted by Gasteiger charge is 2.30. The number of anilines is 1. The monoisotopic (exact) mass is 480 g/mol. The third-order valence-corrected chi connectivity index (χ3v) is 6.65. The fourth-order valence-corrected chi connectivity index (χ4v) is 4.81. The van der Waals surface area contributed by atoms with Crippen molar-refractivity contribution in [2.45, 2.75) is 38.1 Å². The van der Waals surface area contributed by atoms with Crippen LogP contribution < -0.4 is 15.4 Å². The van der Waals surface area contributed by atoms with Gasteiger partial charge in [-0.25, -0.2) is 0 Å². The molecule has 2 aliphatic heterocycles. The van der Waals surface area contributed by atoms with Crippen molar-refractivity contribution >= 4 is 34.8 Å². The van der Waals surface area contributed by atoms with Crippen molar-refractivity contribution in [1.29, 1.82) is 0 Å². The molecule has 2 N–H and O–H groups in total. The second-order valence-corrected chi connectivity index (χ2v) is 9.18. The lowest BCUT2D eigenvalue weighted by molar-refractivity contribution is -0.140. The number of benzene rings is 2. The first-order valence-corrected chi connectivity index (χ1v) is 12.3. The van der Waals surface area contributed by atoms with Gasteiger partial charge in [0.05, 0.1) is 19.3 Å². The summed E-state index contributed by atoms with van der Waals surface area (Å²) in [5.74, 6) is 0.628. The van der Waals surface area contributed by atoms with E-state index in [1.165, 1.54) is 0 Å². The molecule has 2 fully saturated rings. The van der Waals surface area contributed by atoms with Gasteiger partial charge in [0, 0.05) is 19.6 Å². The summed E-state index contributed by atoms with van der Waals surface area (Å²) >= 11 is 5.57. The van der Waals surface area contributed by atoms with Crippen LogP contribution in [0.5, 0.6) is 5.75 Å². The molecule has 0 unspecified atom stereocenters. The lowest BCUT2D eigenvalue weighted by Crippen LogP contribution is -2.51. The minimum Gasteiger partial charge on any atom is -0.495 e. The molecule has 0 radical (unpaired) electrons. The van der Waals surface area contributed by atoms with E-state index in [4.69, 9.17) is 17.0 Å². The summed E-state index contributed by atoms with van der Waals surface area (Å²) in [4.78, 5) is 29.4. The Kier molecular flexibility index (Phi) is 8.00. The van der Waals surface area contributed by atoms with Crippen molar-refractivity contribution < 1.29 is 14.3 Å². The van der Waals surface area contributed by atoms with E-state index in [2.05, 4.69) is 10.6 Å². The summed E-state index contributed by atoms with van der Waals surface area (Å²) in [6, 6.07) is 15.5. The number of nitrogens with zero attached hydrogens (tertiary/aromatic N) is 2. The largest absolute Gasteiger partial charge is 0.495 e. The van der Waals surface area contributed by atoms with Crippen molar-refractivity contribution in [2.75, 3.05) is 38.6 Å². The van der Waals surface area contributed by atoms with E-state index < -0.39 is 6.04 Å². The van der Waals surface area contributed by atoms with Gasteiger partial charge in [-0.05, 0) is 67.6 Å². The van der Waals surface area contributed by atoms with E-state index in [0.29, 0.717) is 23.8 Å². The highest BCUT2D eigenvalue weighted by atomic mass is 32.1. The molecule has 8 heteroatoms. The summed E-state index contributed by atoms with van der Waals surface area (Å²) in [5, 5.41) is 6.75. The third-order valence-electron chi connectivity index (χ3n) is 6.43. The van der Waals surface area contributed by atoms with Crippen LogP contribution in [0.1, 0.15) is 32.1 Å². The van der Waals surface area contributed by atoms with E-state index in [1.54, 1.807) is 12.0 Å². The maximum Gasteiger partial charge on any atom is 0.245 e. The number of hydrogen-bond donors (Lipinski definition) is 2. The zero-order valence-electron chi connectivity index (χ0n) is 19.6. The molecule has 2 amide bonds. The summed E-state index contributed by atoms with van der Waals surface area (Å²) in [6.07, 6.45) is 4.53. The average molecular weight is 481 g/mol.